The molecule has 35 heavy (non-hydrogen) atoms. The van der Waals surface area contributed by atoms with Crippen LogP contribution in [0.2, 0.25) is 0 Å². The van der Waals surface area contributed by atoms with Crippen LogP contribution >= 0.6 is 0 Å². The lowest BCUT2D eigenvalue weighted by molar-refractivity contribution is -0.0618. The summed E-state index contributed by atoms with van der Waals surface area (Å²) >= 11 is 0. The van der Waals surface area contributed by atoms with Gasteiger partial charge in [-0.15, -0.1) is 0 Å². The number of hydrogen-bond donors (Lipinski definition) is 0. The number of ether oxygens (including phenoxy) is 3. The molecular formula is C31H50O4. The van der Waals surface area contributed by atoms with E-state index in [0.29, 0.717) is 18.6 Å². The maximum Gasteiger partial charge on any atom is 0.508 e. The predicted octanol–water partition coefficient (Wildman–Crippen LogP) is 7.95. The fraction of sp³-hybridized carbons (Fsp3) is 0.903. The van der Waals surface area contributed by atoms with Gasteiger partial charge in [0.15, 0.2) is 0 Å². The van der Waals surface area contributed by atoms with Gasteiger partial charge in [0.05, 0.1) is 6.61 Å². The fourth-order valence-electron chi connectivity index (χ4n) is 9.25. The van der Waals surface area contributed by atoms with Crippen molar-refractivity contribution in [3.8, 4) is 0 Å². The van der Waals surface area contributed by atoms with Crippen molar-refractivity contribution in [1.29, 1.82) is 0 Å². The van der Waals surface area contributed by atoms with E-state index in [9.17, 15) is 4.79 Å². The number of epoxide rings is 1. The van der Waals surface area contributed by atoms with Crippen molar-refractivity contribution in [2.24, 2.45) is 46.3 Å². The van der Waals surface area contributed by atoms with E-state index < -0.39 is 6.16 Å². The summed E-state index contributed by atoms with van der Waals surface area (Å²) in [7, 11) is 0. The molecule has 0 spiro atoms. The number of hydrogen-bond acceptors (Lipinski definition) is 4. The normalized spacial score (nSPS) is 43.0. The molecule has 0 aromatic heterocycles. The Morgan fingerprint density at radius 2 is 1.89 bits per heavy atom. The maximum atomic E-state index is 12.1. The predicted molar refractivity (Wildman–Crippen MR) is 139 cm³/mol. The summed E-state index contributed by atoms with van der Waals surface area (Å²) in [5.41, 5.74) is 2.39. The van der Waals surface area contributed by atoms with Crippen LogP contribution in [-0.2, 0) is 14.2 Å². The number of fused-ring (bicyclic) bond motifs is 5. The van der Waals surface area contributed by atoms with Gasteiger partial charge in [0.1, 0.15) is 18.8 Å². The van der Waals surface area contributed by atoms with E-state index in [0.717, 1.165) is 54.8 Å². The molecule has 4 heteroatoms. The standard InChI is InChI=1S/C31H50O4/c1-20(2)7-6-8-21(3)26-11-12-27-25-10-9-22-17-23(35-29(32)34-19-24-18-33-24)13-15-30(22,4)28(25)14-16-31(26,27)5/h9,20-21,23-28H,6-8,10-19H2,1-5H3/t21?,23-,24?,25?,26?,27?,28?,30?,31?/m0/s1. The molecule has 4 nitrogen and oxygen atoms in total. The summed E-state index contributed by atoms with van der Waals surface area (Å²) in [4.78, 5) is 12.1. The fourth-order valence-corrected chi connectivity index (χ4v) is 9.25. The summed E-state index contributed by atoms with van der Waals surface area (Å²) in [5.74, 6) is 5.14. The first kappa shape index (κ1) is 25.6. The highest BCUT2D eigenvalue weighted by Gasteiger charge is 2.59. The molecule has 1 saturated heterocycles. The Morgan fingerprint density at radius 3 is 2.63 bits per heavy atom. The molecule has 0 radical (unpaired) electrons. The molecule has 0 aromatic carbocycles. The van der Waals surface area contributed by atoms with E-state index in [-0.39, 0.29) is 17.6 Å². The molecule has 198 valence electrons. The van der Waals surface area contributed by atoms with Crippen LogP contribution in [0.15, 0.2) is 11.6 Å². The van der Waals surface area contributed by atoms with Crippen LogP contribution in [0.25, 0.3) is 0 Å². The Hall–Kier alpha value is -1.03. The number of rotatable bonds is 8. The molecule has 9 atom stereocenters. The number of carbonyl (C=O) groups excluding carboxylic acids is 1. The molecule has 1 aliphatic heterocycles. The SMILES string of the molecule is CC(C)CCCC(C)C1CCC2C3CC=C4C[C@@H](OC(=O)OCC5CO5)CCC4(C)C3CCC12C. The molecule has 0 N–H and O–H groups in total. The Morgan fingerprint density at radius 1 is 1.09 bits per heavy atom. The molecule has 5 rings (SSSR count). The van der Waals surface area contributed by atoms with E-state index in [2.05, 4.69) is 40.7 Å². The van der Waals surface area contributed by atoms with Crippen LogP contribution < -0.4 is 0 Å². The molecule has 0 aromatic rings. The molecule has 0 amide bonds. The average Bonchev–Trinajstić information content (AvgIpc) is 3.57. The molecular weight excluding hydrogens is 436 g/mol. The van der Waals surface area contributed by atoms with Crippen LogP contribution in [0.3, 0.4) is 0 Å². The van der Waals surface area contributed by atoms with Gasteiger partial charge in [0.2, 0.25) is 0 Å². The Labute approximate surface area is 213 Å². The summed E-state index contributed by atoms with van der Waals surface area (Å²) in [6.45, 7) is 13.5. The Kier molecular flexibility index (Phi) is 7.34. The van der Waals surface area contributed by atoms with E-state index in [1.54, 1.807) is 5.57 Å². The molecule has 1 heterocycles. The minimum absolute atomic E-state index is 0.0325. The second-order valence-corrected chi connectivity index (χ2v) is 13.8. The quantitative estimate of drug-likeness (QED) is 0.198. The third-order valence-electron chi connectivity index (χ3n) is 11.3. The van der Waals surface area contributed by atoms with E-state index in [4.69, 9.17) is 14.2 Å². The van der Waals surface area contributed by atoms with Crippen LogP contribution in [0.1, 0.15) is 105 Å². The van der Waals surface area contributed by atoms with Gasteiger partial charge in [-0.1, -0.05) is 65.5 Å². The van der Waals surface area contributed by atoms with Gasteiger partial charge >= 0.3 is 6.16 Å². The van der Waals surface area contributed by atoms with Crippen molar-refractivity contribution in [3.05, 3.63) is 11.6 Å². The van der Waals surface area contributed by atoms with Gasteiger partial charge in [0.25, 0.3) is 0 Å². The van der Waals surface area contributed by atoms with Gasteiger partial charge in [-0.2, -0.15) is 0 Å². The molecule has 4 fully saturated rings. The minimum Gasteiger partial charge on any atom is -0.431 e. The lowest BCUT2D eigenvalue weighted by atomic mass is 9.47. The molecule has 4 aliphatic carbocycles. The van der Waals surface area contributed by atoms with Gasteiger partial charge in [-0.25, -0.2) is 4.79 Å². The highest BCUT2D eigenvalue weighted by molar-refractivity contribution is 5.60. The maximum absolute atomic E-state index is 12.1. The zero-order chi connectivity index (χ0) is 24.8. The summed E-state index contributed by atoms with van der Waals surface area (Å²) in [6, 6.07) is 0. The van der Waals surface area contributed by atoms with Crippen molar-refractivity contribution in [3.63, 3.8) is 0 Å². The van der Waals surface area contributed by atoms with Crippen LogP contribution in [0.4, 0.5) is 4.79 Å². The van der Waals surface area contributed by atoms with Crippen molar-refractivity contribution in [1.82, 2.24) is 0 Å². The van der Waals surface area contributed by atoms with Crippen LogP contribution in [-0.4, -0.2) is 31.6 Å². The van der Waals surface area contributed by atoms with Gasteiger partial charge in [-0.3, -0.25) is 0 Å². The van der Waals surface area contributed by atoms with Gasteiger partial charge in [0, 0.05) is 6.42 Å². The smallest absolute Gasteiger partial charge is 0.431 e. The highest BCUT2D eigenvalue weighted by Crippen LogP contribution is 2.67. The minimum atomic E-state index is -0.517. The summed E-state index contributed by atoms with van der Waals surface area (Å²) < 4.78 is 16.1. The first-order valence-electron chi connectivity index (χ1n) is 14.8. The summed E-state index contributed by atoms with van der Waals surface area (Å²) in [5, 5.41) is 0. The van der Waals surface area contributed by atoms with Crippen molar-refractivity contribution >= 4 is 6.16 Å². The van der Waals surface area contributed by atoms with Gasteiger partial charge in [-0.05, 0) is 91.3 Å². The van der Waals surface area contributed by atoms with E-state index >= 15 is 0 Å². The second kappa shape index (κ2) is 10.0. The molecule has 3 saturated carbocycles. The Balaban J connectivity index is 1.21. The topological polar surface area (TPSA) is 48.1 Å². The second-order valence-electron chi connectivity index (χ2n) is 13.8. The third kappa shape index (κ3) is 5.07. The van der Waals surface area contributed by atoms with Gasteiger partial charge < -0.3 is 14.2 Å². The molecule has 8 unspecified atom stereocenters. The first-order valence-corrected chi connectivity index (χ1v) is 14.8. The lowest BCUT2D eigenvalue weighted by Crippen LogP contribution is -2.51. The monoisotopic (exact) mass is 486 g/mol. The lowest BCUT2D eigenvalue weighted by Gasteiger charge is -2.58. The summed E-state index contributed by atoms with van der Waals surface area (Å²) in [6.07, 6.45) is 16.2. The number of allylic oxidation sites excluding steroid dienone is 1. The molecule has 0 bridgehead atoms. The third-order valence-corrected chi connectivity index (χ3v) is 11.3. The van der Waals surface area contributed by atoms with E-state index in [1.165, 1.54) is 51.4 Å². The van der Waals surface area contributed by atoms with Crippen molar-refractivity contribution in [2.45, 2.75) is 117 Å². The highest BCUT2D eigenvalue weighted by atomic mass is 16.7. The zero-order valence-electron chi connectivity index (χ0n) is 23.0. The largest absolute Gasteiger partial charge is 0.508 e. The zero-order valence-corrected chi connectivity index (χ0v) is 23.0. The van der Waals surface area contributed by atoms with Crippen molar-refractivity contribution in [2.75, 3.05) is 13.2 Å². The average molecular weight is 487 g/mol. The number of carbonyl (C=O) groups is 1. The molecule has 5 aliphatic rings. The first-order chi connectivity index (χ1) is 16.7. The Bertz CT molecular complexity index is 800. The van der Waals surface area contributed by atoms with E-state index in [1.807, 2.05) is 0 Å². The van der Waals surface area contributed by atoms with Crippen molar-refractivity contribution < 1.29 is 19.0 Å². The van der Waals surface area contributed by atoms with Crippen LogP contribution in [0, 0.1) is 46.3 Å². The van der Waals surface area contributed by atoms with Crippen LogP contribution in [0.5, 0.6) is 0 Å².